The molecule has 1 N–H and O–H groups in total. The molecule has 2 rings (SSSR count). The molecule has 1 atom stereocenters. The predicted molar refractivity (Wildman–Crippen MR) is 74.9 cm³/mol. The van der Waals surface area contributed by atoms with E-state index in [2.05, 4.69) is 28.9 Å². The number of allylic oxidation sites excluding steroid dienone is 1. The zero-order valence-electron chi connectivity index (χ0n) is 10.2. The van der Waals surface area contributed by atoms with E-state index in [0.717, 1.165) is 29.3 Å². The highest BCUT2D eigenvalue weighted by Gasteiger charge is 2.32. The topological polar surface area (TPSA) is 20.2 Å². The van der Waals surface area contributed by atoms with Crippen molar-refractivity contribution in [2.24, 2.45) is 0 Å². The van der Waals surface area contributed by atoms with Gasteiger partial charge in [-0.2, -0.15) is 0 Å². The lowest BCUT2D eigenvalue weighted by atomic mass is 9.79. The van der Waals surface area contributed by atoms with Crippen molar-refractivity contribution in [2.75, 3.05) is 0 Å². The Bertz CT molecular complexity index is 425. The molecule has 1 aromatic carbocycles. The van der Waals surface area contributed by atoms with Crippen LogP contribution in [0.25, 0.3) is 0 Å². The van der Waals surface area contributed by atoms with Crippen molar-refractivity contribution in [3.63, 3.8) is 0 Å². The minimum Gasteiger partial charge on any atom is -0.381 e. The molecule has 0 radical (unpaired) electrons. The van der Waals surface area contributed by atoms with Crippen LogP contribution < -0.4 is 0 Å². The number of aliphatic hydroxyl groups is 1. The van der Waals surface area contributed by atoms with E-state index in [9.17, 15) is 5.11 Å². The Morgan fingerprint density at radius 1 is 1.35 bits per heavy atom. The van der Waals surface area contributed by atoms with Crippen LogP contribution in [0.5, 0.6) is 0 Å². The second kappa shape index (κ2) is 5.36. The molecular formula is C15H19BrO. The summed E-state index contributed by atoms with van der Waals surface area (Å²) < 4.78 is 1.03. The van der Waals surface area contributed by atoms with Crippen LogP contribution in [0.15, 0.2) is 40.4 Å². The fraction of sp³-hybridized carbons (Fsp3) is 0.467. The van der Waals surface area contributed by atoms with Gasteiger partial charge >= 0.3 is 0 Å². The summed E-state index contributed by atoms with van der Waals surface area (Å²) in [7, 11) is 0. The lowest BCUT2D eigenvalue weighted by Gasteiger charge is -2.32. The summed E-state index contributed by atoms with van der Waals surface area (Å²) in [6.45, 7) is 2.05. The van der Waals surface area contributed by atoms with E-state index in [0.29, 0.717) is 0 Å². The average molecular weight is 295 g/mol. The standard InChI is InChI=1S/C15H19BrO/c1-2-15(17,12-7-4-3-5-8-12)13-9-6-10-14(16)11-13/h6-7,9-11,17H,2-5,8H2,1H3. The Hall–Kier alpha value is -0.600. The Balaban J connectivity index is 2.39. The molecule has 1 aliphatic carbocycles. The van der Waals surface area contributed by atoms with Gasteiger partial charge < -0.3 is 5.11 Å². The van der Waals surface area contributed by atoms with Gasteiger partial charge in [0.1, 0.15) is 5.60 Å². The molecule has 1 nitrogen and oxygen atoms in total. The summed E-state index contributed by atoms with van der Waals surface area (Å²) in [5.41, 5.74) is 1.43. The van der Waals surface area contributed by atoms with Crippen molar-refractivity contribution in [1.82, 2.24) is 0 Å². The molecule has 0 spiro atoms. The van der Waals surface area contributed by atoms with Crippen LogP contribution in [0.2, 0.25) is 0 Å². The van der Waals surface area contributed by atoms with Gasteiger partial charge in [-0.1, -0.05) is 41.1 Å². The highest BCUT2D eigenvalue weighted by atomic mass is 79.9. The lowest BCUT2D eigenvalue weighted by Crippen LogP contribution is -2.28. The molecule has 0 saturated heterocycles. The van der Waals surface area contributed by atoms with Gasteiger partial charge in [0.25, 0.3) is 0 Å². The van der Waals surface area contributed by atoms with E-state index in [1.54, 1.807) is 0 Å². The molecule has 2 heteroatoms. The quantitative estimate of drug-likeness (QED) is 0.811. The van der Waals surface area contributed by atoms with Gasteiger partial charge in [0, 0.05) is 4.47 Å². The van der Waals surface area contributed by atoms with Gasteiger partial charge in [0.2, 0.25) is 0 Å². The van der Waals surface area contributed by atoms with Crippen molar-refractivity contribution >= 4 is 15.9 Å². The summed E-state index contributed by atoms with van der Waals surface area (Å²) in [6.07, 6.45) is 7.54. The Labute approximate surface area is 112 Å². The average Bonchev–Trinajstić information content (AvgIpc) is 2.39. The van der Waals surface area contributed by atoms with Crippen LogP contribution in [0, 0.1) is 0 Å². The van der Waals surface area contributed by atoms with E-state index in [1.807, 2.05) is 24.3 Å². The monoisotopic (exact) mass is 294 g/mol. The molecule has 1 aliphatic rings. The predicted octanol–water partition coefficient (Wildman–Crippen LogP) is 4.55. The first-order valence-electron chi connectivity index (χ1n) is 6.35. The van der Waals surface area contributed by atoms with Gasteiger partial charge in [0.15, 0.2) is 0 Å². The second-order valence-electron chi connectivity index (χ2n) is 4.70. The van der Waals surface area contributed by atoms with Gasteiger partial charge in [-0.15, -0.1) is 0 Å². The molecular weight excluding hydrogens is 276 g/mol. The molecule has 0 fully saturated rings. The van der Waals surface area contributed by atoms with Crippen LogP contribution in [0.3, 0.4) is 0 Å². The molecule has 0 aromatic heterocycles. The maximum absolute atomic E-state index is 11.0. The summed E-state index contributed by atoms with van der Waals surface area (Å²) in [6, 6.07) is 8.03. The van der Waals surface area contributed by atoms with Crippen molar-refractivity contribution in [3.05, 3.63) is 46.0 Å². The molecule has 0 amide bonds. The summed E-state index contributed by atoms with van der Waals surface area (Å²) >= 11 is 3.48. The highest BCUT2D eigenvalue weighted by Crippen LogP contribution is 2.38. The molecule has 0 saturated carbocycles. The summed E-state index contributed by atoms with van der Waals surface area (Å²) in [5, 5.41) is 11.0. The number of hydrogen-bond donors (Lipinski definition) is 1. The van der Waals surface area contributed by atoms with Crippen molar-refractivity contribution in [2.45, 2.75) is 44.6 Å². The largest absolute Gasteiger partial charge is 0.381 e. The van der Waals surface area contributed by atoms with Crippen LogP contribution in [-0.2, 0) is 5.60 Å². The van der Waals surface area contributed by atoms with Gasteiger partial charge in [0.05, 0.1) is 0 Å². The third-order valence-electron chi connectivity index (χ3n) is 3.64. The van der Waals surface area contributed by atoms with Gasteiger partial charge in [-0.05, 0) is 55.4 Å². The normalized spacial score (nSPS) is 19.6. The first-order chi connectivity index (χ1) is 8.16. The molecule has 0 heterocycles. The molecule has 1 unspecified atom stereocenters. The number of halogens is 1. The van der Waals surface area contributed by atoms with E-state index in [1.165, 1.54) is 18.4 Å². The third kappa shape index (κ3) is 2.63. The molecule has 0 bridgehead atoms. The smallest absolute Gasteiger partial charge is 0.110 e. The Kier molecular flexibility index (Phi) is 4.05. The zero-order chi connectivity index (χ0) is 12.3. The fourth-order valence-corrected chi connectivity index (χ4v) is 2.98. The van der Waals surface area contributed by atoms with Crippen LogP contribution in [0.4, 0.5) is 0 Å². The molecule has 92 valence electrons. The van der Waals surface area contributed by atoms with Crippen LogP contribution in [-0.4, -0.2) is 5.11 Å². The Morgan fingerprint density at radius 3 is 2.76 bits per heavy atom. The minimum atomic E-state index is -0.774. The summed E-state index contributed by atoms with van der Waals surface area (Å²) in [5.74, 6) is 0. The SMILES string of the molecule is CCC(O)(C1=CCCCC1)c1cccc(Br)c1. The molecule has 1 aromatic rings. The zero-order valence-corrected chi connectivity index (χ0v) is 11.8. The lowest BCUT2D eigenvalue weighted by molar-refractivity contribution is 0.0663. The number of rotatable bonds is 3. The van der Waals surface area contributed by atoms with E-state index < -0.39 is 5.60 Å². The maximum Gasteiger partial charge on any atom is 0.110 e. The summed E-state index contributed by atoms with van der Waals surface area (Å²) in [4.78, 5) is 0. The first kappa shape index (κ1) is 12.8. The maximum atomic E-state index is 11.0. The highest BCUT2D eigenvalue weighted by molar-refractivity contribution is 9.10. The molecule has 0 aliphatic heterocycles. The number of benzene rings is 1. The van der Waals surface area contributed by atoms with Crippen molar-refractivity contribution in [3.8, 4) is 0 Å². The second-order valence-corrected chi connectivity index (χ2v) is 5.61. The van der Waals surface area contributed by atoms with E-state index in [4.69, 9.17) is 0 Å². The number of hydrogen-bond acceptors (Lipinski definition) is 1. The van der Waals surface area contributed by atoms with E-state index >= 15 is 0 Å². The van der Waals surface area contributed by atoms with Crippen molar-refractivity contribution in [1.29, 1.82) is 0 Å². The van der Waals surface area contributed by atoms with Crippen LogP contribution >= 0.6 is 15.9 Å². The Morgan fingerprint density at radius 2 is 2.18 bits per heavy atom. The molecule has 17 heavy (non-hydrogen) atoms. The first-order valence-corrected chi connectivity index (χ1v) is 7.14. The van der Waals surface area contributed by atoms with Crippen molar-refractivity contribution < 1.29 is 5.11 Å². The van der Waals surface area contributed by atoms with Gasteiger partial charge in [-0.3, -0.25) is 0 Å². The van der Waals surface area contributed by atoms with E-state index in [-0.39, 0.29) is 0 Å². The van der Waals surface area contributed by atoms with Crippen LogP contribution in [0.1, 0.15) is 44.6 Å². The van der Waals surface area contributed by atoms with Gasteiger partial charge in [-0.25, -0.2) is 0 Å². The third-order valence-corrected chi connectivity index (χ3v) is 4.13. The fourth-order valence-electron chi connectivity index (χ4n) is 2.58. The minimum absolute atomic E-state index is 0.731.